The molecule has 0 saturated carbocycles. The number of nitrogens with one attached hydrogen (secondary N) is 2. The van der Waals surface area contributed by atoms with Crippen LogP contribution in [0.2, 0.25) is 0 Å². The molecule has 1 aliphatic rings. The number of benzene rings is 2. The minimum absolute atomic E-state index is 0.0450. The molecule has 30 heavy (non-hydrogen) atoms. The third kappa shape index (κ3) is 5.94. The highest BCUT2D eigenvalue weighted by molar-refractivity contribution is 5.92. The topological polar surface area (TPSA) is 93.7 Å². The smallest absolute Gasteiger partial charge is 0.328 e. The van der Waals surface area contributed by atoms with Crippen LogP contribution in [0.15, 0.2) is 72.4 Å². The largest absolute Gasteiger partial charge is 0.467 e. The number of esters is 2. The van der Waals surface area contributed by atoms with Crippen molar-refractivity contribution >= 4 is 17.8 Å². The van der Waals surface area contributed by atoms with E-state index in [1.165, 1.54) is 13.2 Å². The zero-order chi connectivity index (χ0) is 21.3. The molecule has 0 fully saturated rings. The Hall–Kier alpha value is -3.61. The second-order valence-corrected chi connectivity index (χ2v) is 6.92. The maximum absolute atomic E-state index is 12.3. The predicted molar refractivity (Wildman–Crippen MR) is 110 cm³/mol. The molecule has 0 bridgehead atoms. The van der Waals surface area contributed by atoms with Gasteiger partial charge in [0.25, 0.3) is 0 Å². The number of carbonyl (C=O) groups excluding carboxylic acids is 3. The second-order valence-electron chi connectivity index (χ2n) is 6.92. The first-order chi connectivity index (χ1) is 14.5. The lowest BCUT2D eigenvalue weighted by molar-refractivity contribution is -0.145. The molecule has 0 spiro atoms. The summed E-state index contributed by atoms with van der Waals surface area (Å²) in [5, 5.41) is 5.78. The van der Waals surface area contributed by atoms with E-state index in [-0.39, 0.29) is 18.9 Å². The number of hydrogen-bond donors (Lipinski definition) is 2. The summed E-state index contributed by atoms with van der Waals surface area (Å²) in [5.74, 6) is -1.23. The molecule has 2 aromatic rings. The van der Waals surface area contributed by atoms with E-state index in [1.807, 2.05) is 60.7 Å². The highest BCUT2D eigenvalue weighted by atomic mass is 16.5. The zero-order valence-corrected chi connectivity index (χ0v) is 16.7. The van der Waals surface area contributed by atoms with Gasteiger partial charge in [0, 0.05) is 18.2 Å². The lowest BCUT2D eigenvalue weighted by Crippen LogP contribution is -2.43. The number of carbonyl (C=O) groups is 3. The van der Waals surface area contributed by atoms with E-state index in [2.05, 4.69) is 10.6 Å². The average Bonchev–Trinajstić information content (AvgIpc) is 3.11. The van der Waals surface area contributed by atoms with Crippen molar-refractivity contribution < 1.29 is 23.9 Å². The van der Waals surface area contributed by atoms with Gasteiger partial charge in [0.1, 0.15) is 12.6 Å². The van der Waals surface area contributed by atoms with Crippen LogP contribution in [0.25, 0.3) is 0 Å². The lowest BCUT2D eigenvalue weighted by atomic mass is 10.0. The molecule has 2 atom stereocenters. The van der Waals surface area contributed by atoms with Crippen molar-refractivity contribution in [1.29, 1.82) is 0 Å². The first-order valence-corrected chi connectivity index (χ1v) is 9.65. The Labute approximate surface area is 175 Å². The fourth-order valence-electron chi connectivity index (χ4n) is 3.19. The second kappa shape index (κ2) is 10.2. The first-order valence-electron chi connectivity index (χ1n) is 9.65. The summed E-state index contributed by atoms with van der Waals surface area (Å²) in [6.45, 7) is 0.158. The van der Waals surface area contributed by atoms with Crippen molar-refractivity contribution in [3.63, 3.8) is 0 Å². The third-order valence-corrected chi connectivity index (χ3v) is 4.70. The molecule has 1 heterocycles. The molecule has 0 aliphatic carbocycles. The van der Waals surface area contributed by atoms with E-state index in [4.69, 9.17) is 9.47 Å². The predicted octanol–water partition coefficient (Wildman–Crippen LogP) is 1.88. The highest BCUT2D eigenvalue weighted by Crippen LogP contribution is 2.15. The molecule has 3 rings (SSSR count). The van der Waals surface area contributed by atoms with E-state index < -0.39 is 24.0 Å². The molecule has 0 aromatic heterocycles. The van der Waals surface area contributed by atoms with Gasteiger partial charge < -0.3 is 20.1 Å². The van der Waals surface area contributed by atoms with Crippen LogP contribution in [0.5, 0.6) is 0 Å². The van der Waals surface area contributed by atoms with E-state index in [1.54, 1.807) is 0 Å². The van der Waals surface area contributed by atoms with Crippen molar-refractivity contribution in [1.82, 2.24) is 10.6 Å². The Morgan fingerprint density at radius 1 is 1.03 bits per heavy atom. The molecule has 1 amide bonds. The fourth-order valence-corrected chi connectivity index (χ4v) is 3.19. The van der Waals surface area contributed by atoms with Gasteiger partial charge >= 0.3 is 11.9 Å². The molecular weight excluding hydrogens is 384 g/mol. The monoisotopic (exact) mass is 408 g/mol. The summed E-state index contributed by atoms with van der Waals surface area (Å²) in [5.41, 5.74) is 2.28. The Bertz CT molecular complexity index is 912. The van der Waals surface area contributed by atoms with Gasteiger partial charge in [-0.25, -0.2) is 4.79 Å². The number of methoxy groups -OCH3 is 1. The van der Waals surface area contributed by atoms with Gasteiger partial charge in [-0.1, -0.05) is 60.7 Å². The van der Waals surface area contributed by atoms with E-state index >= 15 is 0 Å². The van der Waals surface area contributed by atoms with Crippen LogP contribution in [0.4, 0.5) is 0 Å². The normalized spacial score (nSPS) is 16.2. The lowest BCUT2D eigenvalue weighted by Gasteiger charge is -2.22. The minimum Gasteiger partial charge on any atom is -0.467 e. The van der Waals surface area contributed by atoms with E-state index in [0.717, 1.165) is 11.1 Å². The van der Waals surface area contributed by atoms with Crippen molar-refractivity contribution in [3.05, 3.63) is 83.6 Å². The van der Waals surface area contributed by atoms with E-state index in [0.29, 0.717) is 12.1 Å². The summed E-state index contributed by atoms with van der Waals surface area (Å²) in [4.78, 5) is 36.4. The highest BCUT2D eigenvalue weighted by Gasteiger charge is 2.30. The molecule has 7 nitrogen and oxygen atoms in total. The Morgan fingerprint density at radius 2 is 1.67 bits per heavy atom. The third-order valence-electron chi connectivity index (χ3n) is 4.70. The first kappa shape index (κ1) is 21.1. The van der Waals surface area contributed by atoms with Gasteiger partial charge in [-0.15, -0.1) is 0 Å². The van der Waals surface area contributed by atoms with Crippen LogP contribution in [0, 0.1) is 0 Å². The Morgan fingerprint density at radius 3 is 2.30 bits per heavy atom. The van der Waals surface area contributed by atoms with Gasteiger partial charge in [-0.3, -0.25) is 9.59 Å². The quantitative estimate of drug-likeness (QED) is 0.616. The molecule has 0 unspecified atom stereocenters. The van der Waals surface area contributed by atoms with Gasteiger partial charge in [-0.2, -0.15) is 0 Å². The van der Waals surface area contributed by atoms with Crippen molar-refractivity contribution in [3.8, 4) is 0 Å². The summed E-state index contributed by atoms with van der Waals surface area (Å²) in [6.07, 6.45) is 1.69. The summed E-state index contributed by atoms with van der Waals surface area (Å²) >= 11 is 0. The summed E-state index contributed by atoms with van der Waals surface area (Å²) < 4.78 is 10.2. The minimum atomic E-state index is -0.695. The number of ether oxygens (including phenoxy) is 2. The molecule has 2 aromatic carbocycles. The Kier molecular flexibility index (Phi) is 7.21. The molecule has 7 heteroatoms. The zero-order valence-electron chi connectivity index (χ0n) is 16.7. The molecular formula is C23H24N2O5. The summed E-state index contributed by atoms with van der Waals surface area (Å²) in [6, 6.07) is 17.5. The molecule has 0 saturated heterocycles. The number of hydrogen-bond acceptors (Lipinski definition) is 6. The Balaban J connectivity index is 1.62. The maximum atomic E-state index is 12.3. The SMILES string of the molecule is COC(=O)[C@H](Cc1ccccc1)NC1=CC(=O)N[C@H]1CC(=O)OCc1ccccc1. The summed E-state index contributed by atoms with van der Waals surface area (Å²) in [7, 11) is 1.31. The number of rotatable bonds is 9. The van der Waals surface area contributed by atoms with Crippen molar-refractivity contribution in [2.45, 2.75) is 31.5 Å². The van der Waals surface area contributed by atoms with Gasteiger partial charge in [-0.05, 0) is 11.1 Å². The van der Waals surface area contributed by atoms with Crippen LogP contribution in [-0.4, -0.2) is 37.0 Å². The molecule has 1 aliphatic heterocycles. The van der Waals surface area contributed by atoms with Gasteiger partial charge in [0.15, 0.2) is 0 Å². The standard InChI is InChI=1S/C23H24N2O5/c1-29-23(28)20(12-16-8-4-2-5-9-16)24-18-13-21(26)25-19(18)14-22(27)30-15-17-10-6-3-7-11-17/h2-11,13,19-20,24H,12,14-15H2,1H3,(H,25,26)/t19-,20-/m0/s1. The van der Waals surface area contributed by atoms with Crippen LogP contribution in [0.3, 0.4) is 0 Å². The maximum Gasteiger partial charge on any atom is 0.328 e. The van der Waals surface area contributed by atoms with Crippen LogP contribution < -0.4 is 10.6 Å². The van der Waals surface area contributed by atoms with Gasteiger partial charge in [0.2, 0.25) is 5.91 Å². The van der Waals surface area contributed by atoms with Crippen LogP contribution in [-0.2, 0) is 36.9 Å². The van der Waals surface area contributed by atoms with Gasteiger partial charge in [0.05, 0.1) is 19.6 Å². The van der Waals surface area contributed by atoms with Crippen molar-refractivity contribution in [2.75, 3.05) is 7.11 Å². The average molecular weight is 408 g/mol. The number of amides is 1. The van der Waals surface area contributed by atoms with Crippen molar-refractivity contribution in [2.24, 2.45) is 0 Å². The van der Waals surface area contributed by atoms with E-state index in [9.17, 15) is 14.4 Å². The molecule has 156 valence electrons. The van der Waals surface area contributed by atoms with Crippen LogP contribution in [0.1, 0.15) is 17.5 Å². The molecule has 0 radical (unpaired) electrons. The fraction of sp³-hybridized carbons (Fsp3) is 0.261. The van der Waals surface area contributed by atoms with Crippen LogP contribution >= 0.6 is 0 Å². The molecule has 2 N–H and O–H groups in total.